The molecule has 1 aromatic heterocycles. The maximum atomic E-state index is 12.1. The van der Waals surface area contributed by atoms with E-state index in [4.69, 9.17) is 4.42 Å². The second-order valence-electron chi connectivity index (χ2n) is 6.16. The summed E-state index contributed by atoms with van der Waals surface area (Å²) in [6.07, 6.45) is 0. The van der Waals surface area contributed by atoms with Gasteiger partial charge in [-0.3, -0.25) is 4.79 Å². The van der Waals surface area contributed by atoms with Gasteiger partial charge >= 0.3 is 0 Å². The van der Waals surface area contributed by atoms with Crippen molar-refractivity contribution in [2.45, 2.75) is 6.92 Å². The first kappa shape index (κ1) is 13.3. The van der Waals surface area contributed by atoms with Crippen LogP contribution in [0.15, 0.2) is 71.1 Å². The van der Waals surface area contributed by atoms with Crippen LogP contribution in [0.5, 0.6) is 0 Å². The molecule has 5 aromatic rings. The van der Waals surface area contributed by atoms with Crippen LogP contribution in [-0.4, -0.2) is 5.78 Å². The van der Waals surface area contributed by atoms with Gasteiger partial charge in [-0.2, -0.15) is 0 Å². The minimum absolute atomic E-state index is 0.0541. The first-order valence-corrected chi connectivity index (χ1v) is 8.01. The second-order valence-corrected chi connectivity index (χ2v) is 6.16. The Morgan fingerprint density at radius 3 is 2.29 bits per heavy atom. The van der Waals surface area contributed by atoms with Crippen LogP contribution in [0.4, 0.5) is 0 Å². The maximum absolute atomic E-state index is 12.1. The molecule has 114 valence electrons. The van der Waals surface area contributed by atoms with Crippen molar-refractivity contribution in [1.82, 2.24) is 0 Å². The molecule has 0 aliphatic rings. The highest BCUT2D eigenvalue weighted by Gasteiger charge is 2.16. The number of carbonyl (C=O) groups is 1. The molecule has 0 amide bonds. The molecule has 4 aromatic carbocycles. The molecular formula is C22H14O2. The highest BCUT2D eigenvalue weighted by Crippen LogP contribution is 2.39. The lowest BCUT2D eigenvalue weighted by Gasteiger charge is -2.04. The fraction of sp³-hybridized carbons (Fsp3) is 0.0455. The van der Waals surface area contributed by atoms with E-state index >= 15 is 0 Å². The van der Waals surface area contributed by atoms with Crippen molar-refractivity contribution in [2.24, 2.45) is 0 Å². The molecule has 0 bridgehead atoms. The quantitative estimate of drug-likeness (QED) is 0.350. The van der Waals surface area contributed by atoms with Gasteiger partial charge in [-0.15, -0.1) is 0 Å². The topological polar surface area (TPSA) is 30.2 Å². The predicted molar refractivity (Wildman–Crippen MR) is 98.7 cm³/mol. The minimum Gasteiger partial charge on any atom is -0.455 e. The van der Waals surface area contributed by atoms with E-state index in [1.165, 1.54) is 0 Å². The van der Waals surface area contributed by atoms with E-state index in [1.54, 1.807) is 6.92 Å². The molecule has 0 aliphatic carbocycles. The SMILES string of the molecule is CC(=O)c1cc2oc3c4ccccc4ccc3c2c2ccccc12. The van der Waals surface area contributed by atoms with Gasteiger partial charge in [-0.1, -0.05) is 54.6 Å². The third-order valence-corrected chi connectivity index (χ3v) is 4.75. The maximum Gasteiger partial charge on any atom is 0.160 e. The number of furan rings is 1. The molecule has 5 rings (SSSR count). The highest BCUT2D eigenvalue weighted by atomic mass is 16.3. The first-order chi connectivity index (χ1) is 11.7. The zero-order chi connectivity index (χ0) is 16.3. The first-order valence-electron chi connectivity index (χ1n) is 8.01. The van der Waals surface area contributed by atoms with E-state index < -0.39 is 0 Å². The molecule has 0 saturated carbocycles. The monoisotopic (exact) mass is 310 g/mol. The summed E-state index contributed by atoms with van der Waals surface area (Å²) in [4.78, 5) is 12.1. The van der Waals surface area contributed by atoms with Crippen molar-refractivity contribution in [3.63, 3.8) is 0 Å². The summed E-state index contributed by atoms with van der Waals surface area (Å²) in [5.74, 6) is 0.0541. The molecule has 0 radical (unpaired) electrons. The summed E-state index contributed by atoms with van der Waals surface area (Å²) in [7, 11) is 0. The zero-order valence-corrected chi connectivity index (χ0v) is 13.2. The van der Waals surface area contributed by atoms with Crippen LogP contribution in [-0.2, 0) is 0 Å². The molecule has 0 saturated heterocycles. The summed E-state index contributed by atoms with van der Waals surface area (Å²) in [5, 5.41) is 6.47. The molecule has 24 heavy (non-hydrogen) atoms. The Morgan fingerprint density at radius 1 is 0.792 bits per heavy atom. The van der Waals surface area contributed by atoms with Crippen LogP contribution in [0.3, 0.4) is 0 Å². The summed E-state index contributed by atoms with van der Waals surface area (Å²) in [5.41, 5.74) is 2.36. The molecular weight excluding hydrogens is 296 g/mol. The third kappa shape index (κ3) is 1.68. The predicted octanol–water partition coefficient (Wildman–Crippen LogP) is 6.10. The van der Waals surface area contributed by atoms with Gasteiger partial charge in [0.1, 0.15) is 11.2 Å². The number of rotatable bonds is 1. The number of Topliss-reactive ketones (excluding diaryl/α,β-unsaturated/α-hetero) is 1. The van der Waals surface area contributed by atoms with Gasteiger partial charge in [0, 0.05) is 21.7 Å². The Labute approximate surface area is 138 Å². The molecule has 0 atom stereocenters. The Hall–Kier alpha value is -3.13. The lowest BCUT2D eigenvalue weighted by Crippen LogP contribution is -1.93. The molecule has 0 unspecified atom stereocenters. The van der Waals surface area contributed by atoms with E-state index in [2.05, 4.69) is 30.3 Å². The van der Waals surface area contributed by atoms with Crippen LogP contribution in [0.25, 0.3) is 43.5 Å². The van der Waals surface area contributed by atoms with Crippen molar-refractivity contribution >= 4 is 49.3 Å². The lowest BCUT2D eigenvalue weighted by molar-refractivity contribution is 0.101. The highest BCUT2D eigenvalue weighted by molar-refractivity contribution is 6.26. The molecule has 0 fully saturated rings. The number of hydrogen-bond acceptors (Lipinski definition) is 2. The fourth-order valence-corrected chi connectivity index (χ4v) is 3.66. The van der Waals surface area contributed by atoms with Crippen LogP contribution in [0.1, 0.15) is 17.3 Å². The van der Waals surface area contributed by atoms with Gasteiger partial charge in [0.25, 0.3) is 0 Å². The van der Waals surface area contributed by atoms with Gasteiger partial charge < -0.3 is 4.42 Å². The van der Waals surface area contributed by atoms with E-state index in [0.29, 0.717) is 5.56 Å². The number of hydrogen-bond donors (Lipinski definition) is 0. The van der Waals surface area contributed by atoms with Gasteiger partial charge in [-0.25, -0.2) is 0 Å². The summed E-state index contributed by atoms with van der Waals surface area (Å²) in [6.45, 7) is 1.60. The zero-order valence-electron chi connectivity index (χ0n) is 13.2. The Morgan fingerprint density at radius 2 is 1.50 bits per heavy atom. The van der Waals surface area contributed by atoms with E-state index in [1.807, 2.05) is 36.4 Å². The normalized spacial score (nSPS) is 11.7. The molecule has 2 heteroatoms. The number of carbonyl (C=O) groups excluding carboxylic acids is 1. The Balaban J connectivity index is 2.09. The number of benzene rings is 4. The summed E-state index contributed by atoms with van der Waals surface area (Å²) < 4.78 is 6.21. The largest absolute Gasteiger partial charge is 0.455 e. The third-order valence-electron chi connectivity index (χ3n) is 4.75. The van der Waals surface area contributed by atoms with Crippen LogP contribution in [0, 0.1) is 0 Å². The van der Waals surface area contributed by atoms with Gasteiger partial charge in [0.15, 0.2) is 5.78 Å². The van der Waals surface area contributed by atoms with Crippen molar-refractivity contribution in [2.75, 3.05) is 0 Å². The molecule has 0 aliphatic heterocycles. The van der Waals surface area contributed by atoms with Crippen molar-refractivity contribution in [1.29, 1.82) is 0 Å². The Kier molecular flexibility index (Phi) is 2.60. The average molecular weight is 310 g/mol. The van der Waals surface area contributed by atoms with Crippen LogP contribution in [0.2, 0.25) is 0 Å². The second kappa shape index (κ2) is 4.68. The average Bonchev–Trinajstić information content (AvgIpc) is 3.00. The molecule has 0 spiro atoms. The van der Waals surface area contributed by atoms with E-state index in [0.717, 1.165) is 43.5 Å². The smallest absolute Gasteiger partial charge is 0.160 e. The van der Waals surface area contributed by atoms with Crippen molar-refractivity contribution in [3.05, 3.63) is 72.3 Å². The van der Waals surface area contributed by atoms with Gasteiger partial charge in [-0.05, 0) is 35.2 Å². The van der Waals surface area contributed by atoms with Crippen molar-refractivity contribution in [3.8, 4) is 0 Å². The van der Waals surface area contributed by atoms with Crippen molar-refractivity contribution < 1.29 is 9.21 Å². The van der Waals surface area contributed by atoms with Crippen LogP contribution < -0.4 is 0 Å². The van der Waals surface area contributed by atoms with Crippen LogP contribution >= 0.6 is 0 Å². The molecule has 2 nitrogen and oxygen atoms in total. The lowest BCUT2D eigenvalue weighted by atomic mass is 9.97. The van der Waals surface area contributed by atoms with Gasteiger partial charge in [0.2, 0.25) is 0 Å². The number of fused-ring (bicyclic) bond motifs is 7. The number of ketones is 1. The minimum atomic E-state index is 0.0541. The summed E-state index contributed by atoms with van der Waals surface area (Å²) >= 11 is 0. The molecule has 1 heterocycles. The fourth-order valence-electron chi connectivity index (χ4n) is 3.66. The van der Waals surface area contributed by atoms with E-state index in [-0.39, 0.29) is 5.78 Å². The standard InChI is InChI=1S/C22H14O2/c1-13(23)19-12-20-21(17-9-5-4-8-16(17)19)18-11-10-14-6-2-3-7-15(14)22(18)24-20/h2-12H,1H3. The Bertz CT molecular complexity index is 1280. The summed E-state index contributed by atoms with van der Waals surface area (Å²) in [6, 6.07) is 22.4. The molecule has 0 N–H and O–H groups in total. The van der Waals surface area contributed by atoms with Gasteiger partial charge in [0.05, 0.1) is 0 Å². The van der Waals surface area contributed by atoms with E-state index in [9.17, 15) is 4.79 Å².